The lowest BCUT2D eigenvalue weighted by Gasteiger charge is -2.39. The molecule has 0 saturated carbocycles. The van der Waals surface area contributed by atoms with E-state index >= 15 is 0 Å². The van der Waals surface area contributed by atoms with Crippen molar-refractivity contribution in [3.63, 3.8) is 0 Å². The molecule has 0 spiro atoms. The van der Waals surface area contributed by atoms with E-state index in [1.165, 1.54) is 0 Å². The summed E-state index contributed by atoms with van der Waals surface area (Å²) in [4.78, 5) is 24.0. The van der Waals surface area contributed by atoms with Crippen LogP contribution >= 0.6 is 0 Å². The van der Waals surface area contributed by atoms with E-state index in [4.69, 9.17) is 0 Å². The van der Waals surface area contributed by atoms with Crippen LogP contribution in [0, 0.1) is 20.2 Å². The van der Waals surface area contributed by atoms with Gasteiger partial charge in [-0.2, -0.15) is 0 Å². The van der Waals surface area contributed by atoms with Crippen molar-refractivity contribution in [2.45, 2.75) is 23.9 Å². The highest BCUT2D eigenvalue weighted by atomic mass is 16.6. The topological polar surface area (TPSA) is 86.3 Å². The van der Waals surface area contributed by atoms with Crippen LogP contribution in [0.4, 0.5) is 0 Å². The zero-order chi connectivity index (χ0) is 23.4. The first-order valence-electron chi connectivity index (χ1n) is 11.2. The van der Waals surface area contributed by atoms with E-state index in [1.54, 1.807) is 0 Å². The van der Waals surface area contributed by atoms with Crippen molar-refractivity contribution in [1.29, 1.82) is 0 Å². The van der Waals surface area contributed by atoms with Gasteiger partial charge in [0.15, 0.2) is 0 Å². The van der Waals surface area contributed by atoms with Crippen LogP contribution in [0.1, 0.15) is 68.4 Å². The maximum Gasteiger partial charge on any atom is 0.263 e. The molecule has 6 heteroatoms. The fraction of sp³-hybridized carbons (Fsp3) is 0.143. The predicted octanol–water partition coefficient (Wildman–Crippen LogP) is 6.01. The third kappa shape index (κ3) is 2.81. The highest BCUT2D eigenvalue weighted by Crippen LogP contribution is 2.55. The normalized spacial score (nSPS) is 22.0. The Kier molecular flexibility index (Phi) is 4.55. The SMILES string of the molecule is O=[N+]([O-])C1c2ccccc2C(C2c3ccccc3C([N+](=O)[O-])c3ccccc32)c2ccccc21. The molecule has 0 aliphatic heterocycles. The van der Waals surface area contributed by atoms with Crippen LogP contribution in [0.3, 0.4) is 0 Å². The second-order valence-electron chi connectivity index (χ2n) is 8.85. The third-order valence-electron chi connectivity index (χ3n) is 7.26. The first-order chi connectivity index (χ1) is 16.6. The van der Waals surface area contributed by atoms with Gasteiger partial charge in [-0.15, -0.1) is 0 Å². The summed E-state index contributed by atoms with van der Waals surface area (Å²) in [6, 6.07) is 28.4. The highest BCUT2D eigenvalue weighted by molar-refractivity contribution is 5.60. The van der Waals surface area contributed by atoms with E-state index in [1.807, 2.05) is 97.1 Å². The maximum absolute atomic E-state index is 12.2. The minimum Gasteiger partial charge on any atom is -0.264 e. The molecule has 2 aliphatic carbocycles. The molecule has 34 heavy (non-hydrogen) atoms. The average Bonchev–Trinajstić information content (AvgIpc) is 2.85. The molecule has 2 aliphatic rings. The van der Waals surface area contributed by atoms with Crippen molar-refractivity contribution in [3.8, 4) is 0 Å². The van der Waals surface area contributed by atoms with Crippen LogP contribution in [0.2, 0.25) is 0 Å². The van der Waals surface area contributed by atoms with Crippen LogP contribution in [0.15, 0.2) is 97.1 Å². The Bertz CT molecular complexity index is 1260. The highest BCUT2D eigenvalue weighted by Gasteiger charge is 2.47. The van der Waals surface area contributed by atoms with Gasteiger partial charge >= 0.3 is 0 Å². The lowest BCUT2D eigenvalue weighted by atomic mass is 9.63. The number of fused-ring (bicyclic) bond motifs is 4. The molecule has 0 atom stereocenters. The quantitative estimate of drug-likeness (QED) is 0.284. The number of nitrogens with zero attached hydrogens (tertiary/aromatic N) is 2. The van der Waals surface area contributed by atoms with Crippen molar-refractivity contribution in [1.82, 2.24) is 0 Å². The van der Waals surface area contributed by atoms with Gasteiger partial charge in [0.2, 0.25) is 0 Å². The lowest BCUT2D eigenvalue weighted by molar-refractivity contribution is -0.518. The molecule has 0 radical (unpaired) electrons. The number of benzene rings is 4. The molecule has 4 aromatic rings. The van der Waals surface area contributed by atoms with Gasteiger partial charge < -0.3 is 0 Å². The molecule has 166 valence electrons. The second-order valence-corrected chi connectivity index (χ2v) is 8.85. The first-order valence-corrected chi connectivity index (χ1v) is 11.2. The van der Waals surface area contributed by atoms with Gasteiger partial charge in [0.25, 0.3) is 12.1 Å². The van der Waals surface area contributed by atoms with Gasteiger partial charge in [-0.05, 0) is 22.3 Å². The lowest BCUT2D eigenvalue weighted by Crippen LogP contribution is -2.31. The molecule has 0 amide bonds. The Morgan fingerprint density at radius 3 is 0.824 bits per heavy atom. The molecular formula is C28H20N2O4. The van der Waals surface area contributed by atoms with Crippen LogP contribution in [-0.2, 0) is 0 Å². The van der Waals surface area contributed by atoms with Gasteiger partial charge in [-0.1, -0.05) is 97.1 Å². The summed E-state index contributed by atoms with van der Waals surface area (Å²) in [5.41, 5.74) is 6.33. The number of hydrogen-bond donors (Lipinski definition) is 0. The predicted molar refractivity (Wildman–Crippen MR) is 127 cm³/mol. The summed E-state index contributed by atoms with van der Waals surface area (Å²) < 4.78 is 0. The molecule has 0 aromatic heterocycles. The Morgan fingerprint density at radius 2 is 0.618 bits per heavy atom. The largest absolute Gasteiger partial charge is 0.264 e. The van der Waals surface area contributed by atoms with Crippen molar-refractivity contribution in [3.05, 3.63) is 162 Å². The molecule has 4 aromatic carbocycles. The van der Waals surface area contributed by atoms with Gasteiger partial charge in [-0.3, -0.25) is 20.2 Å². The van der Waals surface area contributed by atoms with Crippen LogP contribution < -0.4 is 0 Å². The summed E-state index contributed by atoms with van der Waals surface area (Å²) >= 11 is 0. The van der Waals surface area contributed by atoms with Gasteiger partial charge in [0.1, 0.15) is 0 Å². The van der Waals surface area contributed by atoms with Gasteiger partial charge in [0, 0.05) is 43.9 Å². The molecular weight excluding hydrogens is 428 g/mol. The van der Waals surface area contributed by atoms with Crippen LogP contribution in [0.5, 0.6) is 0 Å². The Balaban J connectivity index is 1.68. The van der Waals surface area contributed by atoms with Gasteiger partial charge in [-0.25, -0.2) is 0 Å². The summed E-state index contributed by atoms with van der Waals surface area (Å²) in [6.45, 7) is 0. The molecule has 0 N–H and O–H groups in total. The van der Waals surface area contributed by atoms with E-state index < -0.39 is 12.1 Å². The molecule has 0 fully saturated rings. The molecule has 0 unspecified atom stereocenters. The third-order valence-corrected chi connectivity index (χ3v) is 7.26. The number of nitro groups is 2. The van der Waals surface area contributed by atoms with E-state index in [9.17, 15) is 20.2 Å². The Labute approximate surface area is 195 Å². The molecule has 0 bridgehead atoms. The minimum absolute atomic E-state index is 0.210. The molecule has 6 rings (SSSR count). The number of hydrogen-bond acceptors (Lipinski definition) is 4. The molecule has 0 saturated heterocycles. The smallest absolute Gasteiger partial charge is 0.263 e. The zero-order valence-electron chi connectivity index (χ0n) is 18.1. The minimum atomic E-state index is -0.941. The Morgan fingerprint density at radius 1 is 0.412 bits per heavy atom. The van der Waals surface area contributed by atoms with E-state index in [-0.39, 0.29) is 21.7 Å². The van der Waals surface area contributed by atoms with Crippen molar-refractivity contribution in [2.75, 3.05) is 0 Å². The zero-order valence-corrected chi connectivity index (χ0v) is 18.1. The first kappa shape index (κ1) is 20.3. The summed E-state index contributed by atoms with van der Waals surface area (Å²) in [5, 5.41) is 24.4. The second kappa shape index (κ2) is 7.63. The monoisotopic (exact) mass is 448 g/mol. The van der Waals surface area contributed by atoms with Crippen molar-refractivity contribution >= 4 is 0 Å². The molecule has 6 nitrogen and oxygen atoms in total. The van der Waals surface area contributed by atoms with E-state index in [0.29, 0.717) is 22.3 Å². The maximum atomic E-state index is 12.2. The summed E-state index contributed by atoms with van der Waals surface area (Å²) in [5.74, 6) is -0.419. The fourth-order valence-corrected chi connectivity index (χ4v) is 6.02. The van der Waals surface area contributed by atoms with E-state index in [2.05, 4.69) is 0 Å². The van der Waals surface area contributed by atoms with Crippen LogP contribution in [-0.4, -0.2) is 9.85 Å². The van der Waals surface area contributed by atoms with Crippen molar-refractivity contribution in [2.24, 2.45) is 0 Å². The molecule has 0 heterocycles. The number of rotatable bonds is 3. The summed E-state index contributed by atoms with van der Waals surface area (Å²) in [7, 11) is 0. The van der Waals surface area contributed by atoms with Crippen LogP contribution in [0.25, 0.3) is 0 Å². The van der Waals surface area contributed by atoms with E-state index in [0.717, 1.165) is 22.3 Å². The summed E-state index contributed by atoms with van der Waals surface area (Å²) in [6.07, 6.45) is 0. The fourth-order valence-electron chi connectivity index (χ4n) is 6.02. The van der Waals surface area contributed by atoms with Gasteiger partial charge in [0.05, 0.1) is 0 Å². The average molecular weight is 448 g/mol. The van der Waals surface area contributed by atoms with Crippen molar-refractivity contribution < 1.29 is 9.85 Å². The Hall–Kier alpha value is -4.32. The standard InChI is InChI=1S/C28H20N2O4/c31-29(32)27-21-13-5-1-9-17(21)25(18-10-2-6-14-22(18)27)26-19-11-3-7-15-23(19)28(30(33)34)24-16-8-4-12-20(24)26/h1-16,25-28H.